The zero-order valence-electron chi connectivity index (χ0n) is 18.1. The van der Waals surface area contributed by atoms with Gasteiger partial charge in [0, 0.05) is 18.0 Å². The summed E-state index contributed by atoms with van der Waals surface area (Å²) in [5, 5.41) is 12.5. The van der Waals surface area contributed by atoms with Crippen LogP contribution in [0.4, 0.5) is 0 Å². The Labute approximate surface area is 194 Å². The van der Waals surface area contributed by atoms with E-state index < -0.39 is 0 Å². The highest BCUT2D eigenvalue weighted by Crippen LogP contribution is 2.24. The fraction of sp³-hybridized carbons (Fsp3) is 0.409. The number of morpholine rings is 1. The van der Waals surface area contributed by atoms with Crippen LogP contribution < -0.4 is 0 Å². The highest BCUT2D eigenvalue weighted by molar-refractivity contribution is 7.99. The first-order chi connectivity index (χ1) is 15.5. The average Bonchev–Trinajstić information content (AvgIpc) is 3.48. The lowest BCUT2D eigenvalue weighted by atomic mass is 10.0. The van der Waals surface area contributed by atoms with Crippen LogP contribution in [0.15, 0.2) is 41.6 Å². The number of ether oxygens (including phenoxy) is 1. The van der Waals surface area contributed by atoms with E-state index >= 15 is 0 Å². The van der Waals surface area contributed by atoms with Crippen LogP contribution in [0.25, 0.3) is 5.69 Å². The van der Waals surface area contributed by atoms with Gasteiger partial charge in [0.15, 0.2) is 5.78 Å². The molecule has 1 aliphatic rings. The first kappa shape index (κ1) is 22.6. The number of Topliss-reactive ketones (excluding diaryl/α,β-unsaturated/α-hetero) is 1. The third kappa shape index (κ3) is 5.43. The third-order valence-electron chi connectivity index (χ3n) is 5.20. The summed E-state index contributed by atoms with van der Waals surface area (Å²) in [6, 6.07) is 11.7. The lowest BCUT2D eigenvalue weighted by molar-refractivity contribution is -0.134. The van der Waals surface area contributed by atoms with Gasteiger partial charge in [-0.15, -0.1) is 16.4 Å². The number of aromatic nitrogens is 4. The van der Waals surface area contributed by atoms with Gasteiger partial charge in [0.1, 0.15) is 0 Å². The SMILES string of the molecule is CC(C)c1ccc(-n2nnnc2SCC(=O)c2ccc(CC(=O)N3CCOCC3)s2)cc1. The molecule has 0 unspecified atom stereocenters. The second-order valence-electron chi connectivity index (χ2n) is 7.77. The third-order valence-corrected chi connectivity index (χ3v) is 7.25. The van der Waals surface area contributed by atoms with Gasteiger partial charge in [0.25, 0.3) is 0 Å². The van der Waals surface area contributed by atoms with Crippen molar-refractivity contribution >= 4 is 34.8 Å². The summed E-state index contributed by atoms with van der Waals surface area (Å²) < 4.78 is 6.93. The molecule has 8 nitrogen and oxygen atoms in total. The Balaban J connectivity index is 1.35. The Kier molecular flexibility index (Phi) is 7.33. The number of benzene rings is 1. The van der Waals surface area contributed by atoms with Gasteiger partial charge in [-0.05, 0) is 46.2 Å². The van der Waals surface area contributed by atoms with Gasteiger partial charge in [-0.3, -0.25) is 9.59 Å². The molecule has 0 spiro atoms. The van der Waals surface area contributed by atoms with E-state index in [0.29, 0.717) is 48.7 Å². The lowest BCUT2D eigenvalue weighted by Crippen LogP contribution is -2.41. The minimum atomic E-state index is -0.00484. The normalized spacial score (nSPS) is 14.2. The van der Waals surface area contributed by atoms with E-state index in [2.05, 4.69) is 41.5 Å². The van der Waals surface area contributed by atoms with Crippen molar-refractivity contribution in [2.24, 2.45) is 0 Å². The number of thioether (sulfide) groups is 1. The van der Waals surface area contributed by atoms with Gasteiger partial charge in [0.05, 0.1) is 36.0 Å². The summed E-state index contributed by atoms with van der Waals surface area (Å²) in [4.78, 5) is 28.5. The Morgan fingerprint density at radius 2 is 1.88 bits per heavy atom. The molecule has 0 aliphatic carbocycles. The molecular weight excluding hydrogens is 446 g/mol. The molecule has 1 aliphatic heterocycles. The number of hydrogen-bond donors (Lipinski definition) is 0. The zero-order valence-corrected chi connectivity index (χ0v) is 19.7. The van der Waals surface area contributed by atoms with E-state index in [1.54, 1.807) is 10.7 Å². The molecule has 1 saturated heterocycles. The molecule has 0 saturated carbocycles. The molecule has 2 aromatic heterocycles. The van der Waals surface area contributed by atoms with Crippen molar-refractivity contribution in [3.63, 3.8) is 0 Å². The smallest absolute Gasteiger partial charge is 0.227 e. The first-order valence-corrected chi connectivity index (χ1v) is 12.3. The van der Waals surface area contributed by atoms with Crippen LogP contribution in [-0.2, 0) is 16.0 Å². The van der Waals surface area contributed by atoms with Gasteiger partial charge >= 0.3 is 0 Å². The number of ketones is 1. The van der Waals surface area contributed by atoms with E-state index in [1.165, 1.54) is 28.7 Å². The largest absolute Gasteiger partial charge is 0.378 e. The summed E-state index contributed by atoms with van der Waals surface area (Å²) >= 11 is 2.68. The molecule has 32 heavy (non-hydrogen) atoms. The monoisotopic (exact) mass is 471 g/mol. The van der Waals surface area contributed by atoms with Crippen molar-refractivity contribution in [3.8, 4) is 5.69 Å². The molecule has 1 amide bonds. The predicted molar refractivity (Wildman–Crippen MR) is 124 cm³/mol. The predicted octanol–water partition coefficient (Wildman–Crippen LogP) is 3.22. The highest BCUT2D eigenvalue weighted by Gasteiger charge is 2.19. The van der Waals surface area contributed by atoms with Gasteiger partial charge in [-0.2, -0.15) is 4.68 Å². The molecule has 168 valence electrons. The molecule has 3 aromatic rings. The van der Waals surface area contributed by atoms with E-state index in [1.807, 2.05) is 23.1 Å². The molecule has 0 atom stereocenters. The molecule has 4 rings (SSSR count). The Bertz CT molecular complexity index is 1070. The maximum absolute atomic E-state index is 12.7. The Morgan fingerprint density at radius 1 is 1.12 bits per heavy atom. The van der Waals surface area contributed by atoms with Crippen molar-refractivity contribution in [3.05, 3.63) is 51.7 Å². The lowest BCUT2D eigenvalue weighted by Gasteiger charge is -2.26. The van der Waals surface area contributed by atoms with Crippen LogP contribution in [-0.4, -0.2) is 68.9 Å². The van der Waals surface area contributed by atoms with Crippen molar-refractivity contribution in [1.82, 2.24) is 25.1 Å². The van der Waals surface area contributed by atoms with Crippen LogP contribution in [0, 0.1) is 0 Å². The minimum Gasteiger partial charge on any atom is -0.378 e. The Hall–Kier alpha value is -2.56. The average molecular weight is 472 g/mol. The van der Waals surface area contributed by atoms with Crippen LogP contribution in [0.5, 0.6) is 0 Å². The topological polar surface area (TPSA) is 90.2 Å². The number of carbonyl (C=O) groups excluding carboxylic acids is 2. The number of amides is 1. The highest BCUT2D eigenvalue weighted by atomic mass is 32.2. The van der Waals surface area contributed by atoms with Crippen molar-refractivity contribution < 1.29 is 14.3 Å². The Morgan fingerprint density at radius 3 is 2.59 bits per heavy atom. The maximum atomic E-state index is 12.7. The molecule has 1 aromatic carbocycles. The quantitative estimate of drug-likeness (QED) is 0.368. The summed E-state index contributed by atoms with van der Waals surface area (Å²) in [7, 11) is 0. The molecular formula is C22H25N5O3S2. The second-order valence-corrected chi connectivity index (χ2v) is 9.88. The summed E-state index contributed by atoms with van der Waals surface area (Å²) in [6.07, 6.45) is 0.315. The number of tetrazole rings is 1. The summed E-state index contributed by atoms with van der Waals surface area (Å²) in [5.41, 5.74) is 2.10. The fourth-order valence-electron chi connectivity index (χ4n) is 3.33. The van der Waals surface area contributed by atoms with E-state index in [0.717, 1.165) is 10.6 Å². The van der Waals surface area contributed by atoms with Crippen LogP contribution in [0.2, 0.25) is 0 Å². The number of rotatable bonds is 8. The van der Waals surface area contributed by atoms with Crippen LogP contribution in [0.3, 0.4) is 0 Å². The first-order valence-electron chi connectivity index (χ1n) is 10.5. The summed E-state index contributed by atoms with van der Waals surface area (Å²) in [5.74, 6) is 0.743. The van der Waals surface area contributed by atoms with Crippen LogP contribution in [0.1, 0.15) is 39.9 Å². The van der Waals surface area contributed by atoms with E-state index in [9.17, 15) is 9.59 Å². The number of nitrogens with zero attached hydrogens (tertiary/aromatic N) is 5. The molecule has 0 bridgehead atoms. The van der Waals surface area contributed by atoms with Gasteiger partial charge in [-0.1, -0.05) is 37.7 Å². The minimum absolute atomic E-state index is 0.00484. The molecule has 0 radical (unpaired) electrons. The molecule has 1 fully saturated rings. The second kappa shape index (κ2) is 10.4. The zero-order chi connectivity index (χ0) is 22.5. The van der Waals surface area contributed by atoms with Crippen molar-refractivity contribution in [1.29, 1.82) is 0 Å². The van der Waals surface area contributed by atoms with E-state index in [4.69, 9.17) is 4.74 Å². The van der Waals surface area contributed by atoms with Crippen molar-refractivity contribution in [2.75, 3.05) is 32.1 Å². The van der Waals surface area contributed by atoms with Gasteiger partial charge in [-0.25, -0.2) is 0 Å². The molecule has 0 N–H and O–H groups in total. The van der Waals surface area contributed by atoms with E-state index in [-0.39, 0.29) is 17.4 Å². The number of hydrogen-bond acceptors (Lipinski definition) is 8. The summed E-state index contributed by atoms with van der Waals surface area (Å²) in [6.45, 7) is 6.71. The van der Waals surface area contributed by atoms with Crippen LogP contribution >= 0.6 is 23.1 Å². The number of thiophene rings is 1. The van der Waals surface area contributed by atoms with Gasteiger partial charge < -0.3 is 9.64 Å². The maximum Gasteiger partial charge on any atom is 0.227 e. The fourth-order valence-corrected chi connectivity index (χ4v) is 5.13. The van der Waals surface area contributed by atoms with Crippen molar-refractivity contribution in [2.45, 2.75) is 31.3 Å². The number of carbonyl (C=O) groups is 2. The molecule has 10 heteroatoms. The standard InChI is InChI=1S/C22H25N5O3S2/c1-15(2)16-3-5-17(6-4-16)27-22(23-24-25-27)31-14-19(28)20-8-7-18(32-20)13-21(29)26-9-11-30-12-10-26/h3-8,15H,9-14H2,1-2H3. The molecule has 3 heterocycles. The van der Waals surface area contributed by atoms with Gasteiger partial charge in [0.2, 0.25) is 11.1 Å².